The molecule has 12 heteroatoms. The lowest BCUT2D eigenvalue weighted by Gasteiger charge is -2.10. The van der Waals surface area contributed by atoms with E-state index in [1.54, 1.807) is 12.1 Å². The van der Waals surface area contributed by atoms with E-state index in [2.05, 4.69) is 19.4 Å². The van der Waals surface area contributed by atoms with Gasteiger partial charge in [0.1, 0.15) is 0 Å². The second kappa shape index (κ2) is 16.9. The molecule has 0 aliphatic heterocycles. The molecule has 0 amide bonds. The zero-order chi connectivity index (χ0) is 28.6. The van der Waals surface area contributed by atoms with Gasteiger partial charge in [-0.25, -0.2) is 19.2 Å². The van der Waals surface area contributed by atoms with Gasteiger partial charge in [0.2, 0.25) is 0 Å². The van der Waals surface area contributed by atoms with E-state index in [9.17, 15) is 19.2 Å². The van der Waals surface area contributed by atoms with Crippen molar-refractivity contribution in [2.75, 3.05) is 0 Å². The number of hydrogen-bond acceptors (Lipinski definition) is 12. The molecule has 0 spiro atoms. The Bertz CT molecular complexity index is 1050. The fourth-order valence-corrected chi connectivity index (χ4v) is 4.38. The Kier molecular flexibility index (Phi) is 13.6. The first-order valence-electron chi connectivity index (χ1n) is 12.8. The molecule has 0 bridgehead atoms. The molecule has 0 aromatic heterocycles. The third-order valence-electron chi connectivity index (χ3n) is 6.44. The topological polar surface area (TPSA) is 209 Å². The fourth-order valence-electron chi connectivity index (χ4n) is 4.38. The molecule has 39 heavy (non-hydrogen) atoms. The molecule has 0 radical (unpaired) electrons. The van der Waals surface area contributed by atoms with Crippen LogP contribution in [0.5, 0.6) is 0 Å². The van der Waals surface area contributed by atoms with Gasteiger partial charge in [0.05, 0.1) is 22.3 Å². The van der Waals surface area contributed by atoms with Crippen LogP contribution in [0.25, 0.3) is 0 Å². The van der Waals surface area contributed by atoms with E-state index in [4.69, 9.17) is 23.6 Å². The summed E-state index contributed by atoms with van der Waals surface area (Å²) in [6.07, 6.45) is 10.1. The van der Waals surface area contributed by atoms with Gasteiger partial charge in [0, 0.05) is 0 Å². The minimum atomic E-state index is -0.688. The maximum atomic E-state index is 11.9. The number of carbonyl (C=O) groups excluding carboxylic acids is 4. The largest absolute Gasteiger partial charge is 0.370 e. The van der Waals surface area contributed by atoms with Crippen molar-refractivity contribution in [3.63, 3.8) is 0 Å². The smallest absolute Gasteiger partial charge is 0.356 e. The van der Waals surface area contributed by atoms with Crippen molar-refractivity contribution in [2.45, 2.75) is 70.6 Å². The quantitative estimate of drug-likeness (QED) is 0.177. The predicted octanol–water partition coefficient (Wildman–Crippen LogP) is 3.10. The molecule has 0 aliphatic carbocycles. The van der Waals surface area contributed by atoms with Gasteiger partial charge >= 0.3 is 23.9 Å². The van der Waals surface area contributed by atoms with Crippen LogP contribution >= 0.6 is 0 Å². The normalized spacial score (nSPS) is 10.6. The molecule has 2 rings (SSSR count). The molecular weight excluding hydrogens is 508 g/mol. The van der Waals surface area contributed by atoms with Crippen LogP contribution in [0.1, 0.15) is 110 Å². The van der Waals surface area contributed by atoms with Crippen LogP contribution in [0.3, 0.4) is 0 Å². The molecule has 0 heterocycles. The SMILES string of the molecule is NOC(=O)c1ccc(C(=O)ON)c(CCCCCCCCCCCc2cc(C(=O)ON)ccc2C(=O)ON)c1. The molecule has 0 aliphatic rings. The molecule has 0 atom stereocenters. The summed E-state index contributed by atoms with van der Waals surface area (Å²) in [4.78, 5) is 64.5. The van der Waals surface area contributed by atoms with E-state index < -0.39 is 23.9 Å². The van der Waals surface area contributed by atoms with E-state index in [-0.39, 0.29) is 11.1 Å². The molecular formula is C27H36N4O8. The summed E-state index contributed by atoms with van der Waals surface area (Å²) in [7, 11) is 0. The average molecular weight is 545 g/mol. The minimum absolute atomic E-state index is 0.252. The molecule has 8 N–H and O–H groups in total. The first-order valence-corrected chi connectivity index (χ1v) is 12.8. The van der Waals surface area contributed by atoms with Crippen molar-refractivity contribution < 1.29 is 38.5 Å². The van der Waals surface area contributed by atoms with E-state index in [1.165, 1.54) is 24.3 Å². The van der Waals surface area contributed by atoms with Crippen LogP contribution in [0, 0.1) is 0 Å². The molecule has 2 aromatic rings. The summed E-state index contributed by atoms with van der Waals surface area (Å²) in [6.45, 7) is 0. The zero-order valence-electron chi connectivity index (χ0n) is 21.8. The van der Waals surface area contributed by atoms with Gasteiger partial charge in [-0.05, 0) is 73.2 Å². The second-order valence-electron chi connectivity index (χ2n) is 9.05. The molecule has 0 unspecified atom stereocenters. The third kappa shape index (κ3) is 9.76. The van der Waals surface area contributed by atoms with Crippen molar-refractivity contribution in [1.82, 2.24) is 0 Å². The summed E-state index contributed by atoms with van der Waals surface area (Å²) >= 11 is 0. The first kappa shape index (κ1) is 31.4. The maximum absolute atomic E-state index is 11.9. The van der Waals surface area contributed by atoms with Crippen molar-refractivity contribution >= 4 is 23.9 Å². The number of carbonyl (C=O) groups is 4. The van der Waals surface area contributed by atoms with Crippen LogP contribution in [-0.4, -0.2) is 23.9 Å². The van der Waals surface area contributed by atoms with E-state index in [0.717, 1.165) is 57.8 Å². The molecule has 12 nitrogen and oxygen atoms in total. The highest BCUT2D eigenvalue weighted by Gasteiger charge is 2.17. The standard InChI is InChI=1S/C27H36N4O8/c28-36-24(32)20-12-14-22(26(34)38-30)18(16-20)10-8-6-4-2-1-3-5-7-9-11-19-17-21(25(33)37-29)13-15-23(19)27(35)39-31/h12-17H,1-11,28-31H2. The van der Waals surface area contributed by atoms with E-state index in [1.807, 2.05) is 0 Å². The highest BCUT2D eigenvalue weighted by atomic mass is 16.7. The molecule has 212 valence electrons. The van der Waals surface area contributed by atoms with Crippen LogP contribution < -0.4 is 23.6 Å². The van der Waals surface area contributed by atoms with Gasteiger partial charge in [-0.2, -0.15) is 23.6 Å². The molecule has 0 saturated heterocycles. The van der Waals surface area contributed by atoms with Gasteiger partial charge in [-0.3, -0.25) is 0 Å². The molecule has 0 saturated carbocycles. The summed E-state index contributed by atoms with van der Waals surface area (Å²) in [5, 5.41) is 0. The zero-order valence-corrected chi connectivity index (χ0v) is 21.8. The number of nitrogens with two attached hydrogens (primary N) is 4. The Morgan fingerprint density at radius 2 is 0.769 bits per heavy atom. The van der Waals surface area contributed by atoms with Crippen LogP contribution in [0.15, 0.2) is 36.4 Å². The van der Waals surface area contributed by atoms with Crippen molar-refractivity contribution in [2.24, 2.45) is 23.6 Å². The van der Waals surface area contributed by atoms with Crippen LogP contribution in [0.4, 0.5) is 0 Å². The van der Waals surface area contributed by atoms with Gasteiger partial charge in [0.15, 0.2) is 0 Å². The lowest BCUT2D eigenvalue weighted by Crippen LogP contribution is -2.15. The minimum Gasteiger partial charge on any atom is -0.370 e. The highest BCUT2D eigenvalue weighted by molar-refractivity contribution is 5.95. The third-order valence-corrected chi connectivity index (χ3v) is 6.44. The lowest BCUT2D eigenvalue weighted by atomic mass is 9.97. The number of hydrogen-bond donors (Lipinski definition) is 4. The van der Waals surface area contributed by atoms with E-state index >= 15 is 0 Å². The molecule has 2 aromatic carbocycles. The summed E-state index contributed by atoms with van der Waals surface area (Å²) in [6, 6.07) is 8.98. The number of aryl methyl sites for hydroxylation is 2. The van der Waals surface area contributed by atoms with Gasteiger partial charge < -0.3 is 19.4 Å². The Hall–Kier alpha value is -3.84. The summed E-state index contributed by atoms with van der Waals surface area (Å²) in [5.74, 6) is 17.2. The average Bonchev–Trinajstić information content (AvgIpc) is 2.97. The molecule has 0 fully saturated rings. The monoisotopic (exact) mass is 544 g/mol. The number of unbranched alkanes of at least 4 members (excludes halogenated alkanes) is 8. The van der Waals surface area contributed by atoms with Gasteiger partial charge in [-0.15, -0.1) is 0 Å². The van der Waals surface area contributed by atoms with Crippen LogP contribution in [0.2, 0.25) is 0 Å². The summed E-state index contributed by atoms with van der Waals surface area (Å²) < 4.78 is 0. The second-order valence-corrected chi connectivity index (χ2v) is 9.05. The first-order chi connectivity index (χ1) is 18.9. The predicted molar refractivity (Wildman–Crippen MR) is 140 cm³/mol. The van der Waals surface area contributed by atoms with Gasteiger partial charge in [-0.1, -0.05) is 44.9 Å². The van der Waals surface area contributed by atoms with Crippen molar-refractivity contribution in [3.05, 3.63) is 69.8 Å². The number of benzene rings is 2. The Balaban J connectivity index is 1.69. The van der Waals surface area contributed by atoms with E-state index in [0.29, 0.717) is 35.1 Å². The Morgan fingerprint density at radius 1 is 0.462 bits per heavy atom. The maximum Gasteiger partial charge on any atom is 0.356 e. The van der Waals surface area contributed by atoms with Gasteiger partial charge in [0.25, 0.3) is 0 Å². The van der Waals surface area contributed by atoms with Crippen molar-refractivity contribution in [1.29, 1.82) is 0 Å². The Labute approximate surface area is 226 Å². The number of rotatable bonds is 16. The fraction of sp³-hybridized carbons (Fsp3) is 0.407. The van der Waals surface area contributed by atoms with Crippen LogP contribution in [-0.2, 0) is 32.2 Å². The summed E-state index contributed by atoms with van der Waals surface area (Å²) in [5.41, 5.74) is 2.43. The highest BCUT2D eigenvalue weighted by Crippen LogP contribution is 2.20. The Morgan fingerprint density at radius 3 is 1.08 bits per heavy atom. The lowest BCUT2D eigenvalue weighted by molar-refractivity contribution is 0.0488. The van der Waals surface area contributed by atoms with Crippen molar-refractivity contribution in [3.8, 4) is 0 Å².